The number of hydrogen-bond donors (Lipinski definition) is 1. The highest BCUT2D eigenvalue weighted by Gasteiger charge is 2.33. The van der Waals surface area contributed by atoms with Gasteiger partial charge in [0.25, 0.3) is 0 Å². The molecule has 136 valence electrons. The third-order valence-corrected chi connectivity index (χ3v) is 6.74. The summed E-state index contributed by atoms with van der Waals surface area (Å²) in [5.41, 5.74) is 2.06. The molecule has 0 spiro atoms. The van der Waals surface area contributed by atoms with E-state index in [1.54, 1.807) is 35.8 Å². The number of fused-ring (bicyclic) bond motifs is 1. The molecule has 0 fully saturated rings. The van der Waals surface area contributed by atoms with Crippen molar-refractivity contribution in [2.45, 2.75) is 46.5 Å². The molecule has 1 aliphatic rings. The van der Waals surface area contributed by atoms with Crippen molar-refractivity contribution in [2.24, 2.45) is 11.3 Å². The molecule has 0 radical (unpaired) electrons. The third kappa shape index (κ3) is 3.76. The smallest absolute Gasteiger partial charge is 0.249 e. The number of carbonyl (C=O) groups excluding carboxylic acids is 1. The van der Waals surface area contributed by atoms with Gasteiger partial charge in [0.05, 0.1) is 11.8 Å². The molecule has 1 amide bonds. The van der Waals surface area contributed by atoms with Crippen molar-refractivity contribution < 1.29 is 9.21 Å². The summed E-state index contributed by atoms with van der Waals surface area (Å²) in [6, 6.07) is 5.85. The van der Waals surface area contributed by atoms with Gasteiger partial charge in [-0.2, -0.15) is 5.26 Å². The first-order valence-electron chi connectivity index (χ1n) is 9.01. The lowest BCUT2D eigenvalue weighted by molar-refractivity contribution is -0.111. The minimum atomic E-state index is -0.248. The Morgan fingerprint density at radius 1 is 1.54 bits per heavy atom. The van der Waals surface area contributed by atoms with Crippen LogP contribution in [0, 0.1) is 22.7 Å². The average molecular weight is 369 g/mol. The molecule has 2 heterocycles. The van der Waals surface area contributed by atoms with Crippen molar-refractivity contribution >= 4 is 28.3 Å². The minimum absolute atomic E-state index is 0.248. The molecule has 3 rings (SSSR count). The molecule has 26 heavy (non-hydrogen) atoms. The first kappa shape index (κ1) is 18.5. The summed E-state index contributed by atoms with van der Waals surface area (Å²) < 4.78 is 5.18. The molecule has 1 atom stereocenters. The van der Waals surface area contributed by atoms with Gasteiger partial charge in [0, 0.05) is 11.0 Å². The molecule has 4 nitrogen and oxygen atoms in total. The molecule has 1 N–H and O–H groups in total. The van der Waals surface area contributed by atoms with E-state index in [9.17, 15) is 10.1 Å². The molecule has 0 aromatic carbocycles. The van der Waals surface area contributed by atoms with Crippen LogP contribution in [0.15, 0.2) is 28.9 Å². The Labute approximate surface area is 158 Å². The van der Waals surface area contributed by atoms with Gasteiger partial charge in [-0.05, 0) is 54.4 Å². The van der Waals surface area contributed by atoms with Crippen LogP contribution in [-0.2, 0) is 17.6 Å². The highest BCUT2D eigenvalue weighted by molar-refractivity contribution is 7.16. The van der Waals surface area contributed by atoms with E-state index in [0.29, 0.717) is 27.7 Å². The number of thiophene rings is 1. The van der Waals surface area contributed by atoms with E-state index >= 15 is 0 Å². The fraction of sp³-hybridized carbons (Fsp3) is 0.429. The van der Waals surface area contributed by atoms with Gasteiger partial charge in [-0.15, -0.1) is 11.3 Å². The van der Waals surface area contributed by atoms with E-state index in [1.165, 1.54) is 11.0 Å². The lowest BCUT2D eigenvalue weighted by atomic mass is 9.69. The number of amides is 1. The number of hydrogen-bond acceptors (Lipinski definition) is 4. The largest absolute Gasteiger partial charge is 0.465 e. The third-order valence-electron chi connectivity index (χ3n) is 5.57. The second-order valence-corrected chi connectivity index (χ2v) is 8.54. The molecule has 1 aliphatic carbocycles. The van der Waals surface area contributed by atoms with Gasteiger partial charge in [-0.3, -0.25) is 4.79 Å². The predicted octanol–water partition coefficient (Wildman–Crippen LogP) is 5.41. The summed E-state index contributed by atoms with van der Waals surface area (Å²) >= 11 is 1.56. The van der Waals surface area contributed by atoms with Crippen LogP contribution in [0.2, 0.25) is 0 Å². The topological polar surface area (TPSA) is 66.0 Å². The van der Waals surface area contributed by atoms with Crippen molar-refractivity contribution in [3.05, 3.63) is 46.2 Å². The van der Waals surface area contributed by atoms with Gasteiger partial charge in [0.2, 0.25) is 5.91 Å². The Hall–Kier alpha value is -2.32. The molecule has 0 saturated carbocycles. The van der Waals surface area contributed by atoms with E-state index in [1.807, 2.05) is 0 Å². The molecule has 1 unspecified atom stereocenters. The molecule has 2 aromatic heterocycles. The number of nitriles is 1. The molecular formula is C21H24N2O2S. The van der Waals surface area contributed by atoms with Crippen LogP contribution in [0.3, 0.4) is 0 Å². The summed E-state index contributed by atoms with van der Waals surface area (Å²) in [5.74, 6) is 0.991. The van der Waals surface area contributed by atoms with E-state index in [0.717, 1.165) is 31.2 Å². The van der Waals surface area contributed by atoms with Crippen LogP contribution >= 0.6 is 11.3 Å². The molecule has 0 bridgehead atoms. The Bertz CT molecular complexity index is 853. The summed E-state index contributed by atoms with van der Waals surface area (Å²) in [6.07, 6.45) is 8.77. The maximum absolute atomic E-state index is 12.2. The first-order chi connectivity index (χ1) is 12.4. The maximum Gasteiger partial charge on any atom is 0.249 e. The van der Waals surface area contributed by atoms with E-state index in [4.69, 9.17) is 4.42 Å². The van der Waals surface area contributed by atoms with Gasteiger partial charge in [0.1, 0.15) is 16.8 Å². The van der Waals surface area contributed by atoms with Gasteiger partial charge in [0.15, 0.2) is 0 Å². The normalized spacial score (nSPS) is 17.1. The monoisotopic (exact) mass is 368 g/mol. The molecule has 2 aromatic rings. The standard InChI is InChI=1S/C21H24N2O2S/c1-4-21(2,3)14-7-9-16-17(13-22)20(26-18(16)12-14)23-19(24)10-8-15-6-5-11-25-15/h5-6,8,10-11,14H,4,7,9,12H2,1-3H3,(H,23,24)/b10-8+. The average Bonchev–Trinajstić information content (AvgIpc) is 3.26. The van der Waals surface area contributed by atoms with E-state index < -0.39 is 0 Å². The Kier molecular flexibility index (Phi) is 5.33. The quantitative estimate of drug-likeness (QED) is 0.718. The molecular weight excluding hydrogens is 344 g/mol. The second kappa shape index (κ2) is 7.51. The summed E-state index contributed by atoms with van der Waals surface area (Å²) in [6.45, 7) is 6.88. The SMILES string of the molecule is CCC(C)(C)C1CCc2c(sc(NC(=O)/C=C/c3ccco3)c2C#N)C1. The zero-order chi connectivity index (χ0) is 18.7. The predicted molar refractivity (Wildman–Crippen MR) is 105 cm³/mol. The number of rotatable bonds is 5. The van der Waals surface area contributed by atoms with Crippen molar-refractivity contribution in [3.8, 4) is 6.07 Å². The van der Waals surface area contributed by atoms with Crippen LogP contribution < -0.4 is 5.32 Å². The lowest BCUT2D eigenvalue weighted by Gasteiger charge is -2.36. The lowest BCUT2D eigenvalue weighted by Crippen LogP contribution is -2.28. The summed E-state index contributed by atoms with van der Waals surface area (Å²) in [4.78, 5) is 13.5. The van der Waals surface area contributed by atoms with Crippen molar-refractivity contribution in [2.75, 3.05) is 5.32 Å². The fourth-order valence-corrected chi connectivity index (χ4v) is 4.73. The maximum atomic E-state index is 12.2. The van der Waals surface area contributed by atoms with Crippen molar-refractivity contribution in [1.82, 2.24) is 0 Å². The first-order valence-corrected chi connectivity index (χ1v) is 9.83. The molecule has 0 saturated heterocycles. The zero-order valence-electron chi connectivity index (χ0n) is 15.5. The van der Waals surface area contributed by atoms with Crippen LogP contribution in [0.25, 0.3) is 6.08 Å². The number of nitrogens with one attached hydrogen (secondary N) is 1. The minimum Gasteiger partial charge on any atom is -0.465 e. The van der Waals surface area contributed by atoms with Crippen LogP contribution in [-0.4, -0.2) is 5.91 Å². The van der Waals surface area contributed by atoms with Gasteiger partial charge >= 0.3 is 0 Å². The van der Waals surface area contributed by atoms with E-state index in [-0.39, 0.29) is 5.91 Å². The van der Waals surface area contributed by atoms with Crippen LogP contribution in [0.4, 0.5) is 5.00 Å². The van der Waals surface area contributed by atoms with Crippen LogP contribution in [0.1, 0.15) is 55.4 Å². The second-order valence-electron chi connectivity index (χ2n) is 7.44. The number of carbonyl (C=O) groups is 1. The summed E-state index contributed by atoms with van der Waals surface area (Å²) in [7, 11) is 0. The molecule has 5 heteroatoms. The van der Waals surface area contributed by atoms with Crippen molar-refractivity contribution in [3.63, 3.8) is 0 Å². The Morgan fingerprint density at radius 2 is 2.35 bits per heavy atom. The highest BCUT2D eigenvalue weighted by Crippen LogP contribution is 2.45. The van der Waals surface area contributed by atoms with Crippen molar-refractivity contribution in [1.29, 1.82) is 5.26 Å². The van der Waals surface area contributed by atoms with E-state index in [2.05, 4.69) is 32.2 Å². The Morgan fingerprint density at radius 3 is 3.00 bits per heavy atom. The summed E-state index contributed by atoms with van der Waals surface area (Å²) in [5, 5.41) is 13.1. The van der Waals surface area contributed by atoms with Crippen LogP contribution in [0.5, 0.6) is 0 Å². The van der Waals surface area contributed by atoms with Gasteiger partial charge in [-0.1, -0.05) is 27.2 Å². The number of nitrogens with zero attached hydrogens (tertiary/aromatic N) is 1. The van der Waals surface area contributed by atoms with Gasteiger partial charge in [-0.25, -0.2) is 0 Å². The molecule has 0 aliphatic heterocycles. The Balaban J connectivity index is 1.78. The fourth-order valence-electron chi connectivity index (χ4n) is 3.45. The highest BCUT2D eigenvalue weighted by atomic mass is 32.1. The zero-order valence-corrected chi connectivity index (χ0v) is 16.3. The van der Waals surface area contributed by atoms with Gasteiger partial charge < -0.3 is 9.73 Å². The number of anilines is 1. The number of furan rings is 1.